The van der Waals surface area contributed by atoms with E-state index in [0.29, 0.717) is 0 Å². The number of nitrogens with one attached hydrogen (secondary N) is 1. The Hall–Kier alpha value is -3.57. The summed E-state index contributed by atoms with van der Waals surface area (Å²) in [6.07, 6.45) is -5.13. The van der Waals surface area contributed by atoms with Crippen LogP contribution in [0.4, 0.5) is 17.6 Å². The molecule has 0 saturated carbocycles. The first-order valence-electron chi connectivity index (χ1n) is 10.3. The Bertz CT molecular complexity index is 1340. The van der Waals surface area contributed by atoms with E-state index in [4.69, 9.17) is 26.2 Å². The molecule has 12 heteroatoms. The van der Waals surface area contributed by atoms with Gasteiger partial charge in [0.15, 0.2) is 23.8 Å². The minimum absolute atomic E-state index is 0.0457. The molecule has 36 heavy (non-hydrogen) atoms. The first-order valence-corrected chi connectivity index (χ1v) is 10.7. The number of H-pyrrole nitrogens is 1. The quantitative estimate of drug-likeness (QED) is 0.342. The first-order chi connectivity index (χ1) is 16.7. The Morgan fingerprint density at radius 3 is 2.33 bits per heavy atom. The number of aromatic nitrogens is 1. The SMILES string of the molecule is Cc1[nH]c(=O)ccc1C(O)(C(C)c1ccc(Oc2ccc(F)c(OCC(=O)O)c2)cc1Cl)C(F)(F)F. The lowest BCUT2D eigenvalue weighted by atomic mass is 9.77. The third-order valence-electron chi connectivity index (χ3n) is 5.51. The Morgan fingerprint density at radius 1 is 1.11 bits per heavy atom. The predicted molar refractivity (Wildman–Crippen MR) is 121 cm³/mol. The lowest BCUT2D eigenvalue weighted by Gasteiger charge is -2.37. The molecule has 1 heterocycles. The van der Waals surface area contributed by atoms with Crippen molar-refractivity contribution in [1.29, 1.82) is 0 Å². The largest absolute Gasteiger partial charge is 0.479 e. The Kier molecular flexibility index (Phi) is 7.65. The molecule has 3 rings (SSSR count). The van der Waals surface area contributed by atoms with Gasteiger partial charge in [-0.3, -0.25) is 4.79 Å². The van der Waals surface area contributed by atoms with Crippen LogP contribution in [-0.2, 0) is 10.4 Å². The van der Waals surface area contributed by atoms with Gasteiger partial charge < -0.3 is 24.7 Å². The number of hydrogen-bond donors (Lipinski definition) is 3. The molecule has 3 N–H and O–H groups in total. The highest BCUT2D eigenvalue weighted by molar-refractivity contribution is 6.31. The smallest absolute Gasteiger partial charge is 0.422 e. The van der Waals surface area contributed by atoms with Gasteiger partial charge in [-0.05, 0) is 42.8 Å². The molecule has 0 amide bonds. The fraction of sp³-hybridized carbons (Fsp3) is 0.250. The summed E-state index contributed by atoms with van der Waals surface area (Å²) in [5.74, 6) is -4.00. The van der Waals surface area contributed by atoms with E-state index in [1.807, 2.05) is 0 Å². The highest BCUT2D eigenvalue weighted by atomic mass is 35.5. The van der Waals surface area contributed by atoms with Crippen LogP contribution in [0.5, 0.6) is 17.2 Å². The predicted octanol–water partition coefficient (Wildman–Crippen LogP) is 5.29. The van der Waals surface area contributed by atoms with Crippen molar-refractivity contribution >= 4 is 17.6 Å². The first kappa shape index (κ1) is 27.0. The van der Waals surface area contributed by atoms with Crippen molar-refractivity contribution in [3.05, 3.63) is 86.5 Å². The van der Waals surface area contributed by atoms with Gasteiger partial charge in [0.1, 0.15) is 11.5 Å². The molecule has 2 unspecified atom stereocenters. The van der Waals surface area contributed by atoms with Crippen LogP contribution in [0.1, 0.15) is 29.7 Å². The average Bonchev–Trinajstić information content (AvgIpc) is 2.77. The van der Waals surface area contributed by atoms with E-state index in [0.717, 1.165) is 31.2 Å². The van der Waals surface area contributed by atoms with E-state index < -0.39 is 47.2 Å². The molecule has 0 fully saturated rings. The van der Waals surface area contributed by atoms with Gasteiger partial charge in [0.2, 0.25) is 5.56 Å². The third kappa shape index (κ3) is 5.47. The van der Waals surface area contributed by atoms with Crippen LogP contribution in [0, 0.1) is 12.7 Å². The summed E-state index contributed by atoms with van der Waals surface area (Å²) in [7, 11) is 0. The number of rotatable bonds is 8. The van der Waals surface area contributed by atoms with Crippen LogP contribution >= 0.6 is 11.6 Å². The van der Waals surface area contributed by atoms with Crippen molar-refractivity contribution in [2.24, 2.45) is 0 Å². The summed E-state index contributed by atoms with van der Waals surface area (Å²) in [6, 6.07) is 8.88. The van der Waals surface area contributed by atoms with Crippen molar-refractivity contribution in [2.75, 3.05) is 6.61 Å². The Labute approximate surface area is 206 Å². The van der Waals surface area contributed by atoms with E-state index in [9.17, 15) is 32.3 Å². The topological polar surface area (TPSA) is 109 Å². The van der Waals surface area contributed by atoms with Gasteiger partial charge in [-0.2, -0.15) is 13.2 Å². The maximum Gasteiger partial charge on any atom is 0.422 e. The molecule has 3 aromatic rings. The molecule has 2 aromatic carbocycles. The molecule has 0 radical (unpaired) electrons. The zero-order valence-corrected chi connectivity index (χ0v) is 19.6. The van der Waals surface area contributed by atoms with E-state index in [1.54, 1.807) is 0 Å². The molecule has 0 aliphatic carbocycles. The van der Waals surface area contributed by atoms with Crippen LogP contribution in [0.15, 0.2) is 53.3 Å². The zero-order valence-electron chi connectivity index (χ0n) is 18.8. The summed E-state index contributed by atoms with van der Waals surface area (Å²) in [6.45, 7) is 1.61. The van der Waals surface area contributed by atoms with Crippen LogP contribution in [0.25, 0.3) is 0 Å². The molecule has 7 nitrogen and oxygen atoms in total. The maximum atomic E-state index is 14.2. The molecule has 2 atom stereocenters. The summed E-state index contributed by atoms with van der Waals surface area (Å²) < 4.78 is 66.8. The van der Waals surface area contributed by atoms with Gasteiger partial charge in [-0.1, -0.05) is 24.6 Å². The normalized spacial score (nSPS) is 14.1. The minimum atomic E-state index is -5.13. The highest BCUT2D eigenvalue weighted by Crippen LogP contribution is 2.50. The molecule has 0 bridgehead atoms. The molecular weight excluding hydrogens is 510 g/mol. The van der Waals surface area contributed by atoms with E-state index in [2.05, 4.69) is 4.98 Å². The number of aliphatic hydroxyl groups is 1. The van der Waals surface area contributed by atoms with Gasteiger partial charge in [0.25, 0.3) is 0 Å². The number of carbonyl (C=O) groups is 1. The number of pyridine rings is 1. The molecule has 1 aromatic heterocycles. The van der Waals surface area contributed by atoms with Gasteiger partial charge in [-0.25, -0.2) is 9.18 Å². The molecule has 192 valence electrons. The number of halogens is 5. The second kappa shape index (κ2) is 10.2. The van der Waals surface area contributed by atoms with Crippen LogP contribution in [-0.4, -0.2) is 33.9 Å². The number of aryl methyl sites for hydroxylation is 1. The highest BCUT2D eigenvalue weighted by Gasteiger charge is 2.59. The van der Waals surface area contributed by atoms with E-state index in [-0.39, 0.29) is 33.5 Å². The van der Waals surface area contributed by atoms with Crippen molar-refractivity contribution in [1.82, 2.24) is 4.98 Å². The van der Waals surface area contributed by atoms with Gasteiger partial charge in [0.05, 0.1) is 0 Å². The van der Waals surface area contributed by atoms with Gasteiger partial charge in [0, 0.05) is 34.3 Å². The summed E-state index contributed by atoms with van der Waals surface area (Å²) in [5.41, 5.74) is -4.74. The van der Waals surface area contributed by atoms with Gasteiger partial charge in [-0.15, -0.1) is 0 Å². The number of aromatic amines is 1. The number of carboxylic acids is 1. The van der Waals surface area contributed by atoms with Crippen molar-refractivity contribution < 1.29 is 42.0 Å². The summed E-state index contributed by atoms with van der Waals surface area (Å²) in [5, 5.41) is 19.5. The molecular formula is C24H20ClF4NO6. The lowest BCUT2D eigenvalue weighted by molar-refractivity contribution is -0.274. The van der Waals surface area contributed by atoms with Crippen LogP contribution in [0.2, 0.25) is 5.02 Å². The zero-order chi connectivity index (χ0) is 26.8. The maximum absolute atomic E-state index is 14.2. The monoisotopic (exact) mass is 529 g/mol. The van der Waals surface area contributed by atoms with Crippen molar-refractivity contribution in [3.63, 3.8) is 0 Å². The summed E-state index contributed by atoms with van der Waals surface area (Å²) in [4.78, 5) is 24.4. The second-order valence-electron chi connectivity index (χ2n) is 7.91. The van der Waals surface area contributed by atoms with E-state index in [1.165, 1.54) is 31.2 Å². The van der Waals surface area contributed by atoms with Crippen LogP contribution < -0.4 is 15.0 Å². The lowest BCUT2D eigenvalue weighted by Crippen LogP contribution is -2.47. The third-order valence-corrected chi connectivity index (χ3v) is 5.84. The number of benzene rings is 2. The van der Waals surface area contributed by atoms with E-state index >= 15 is 0 Å². The average molecular weight is 530 g/mol. The fourth-order valence-electron chi connectivity index (χ4n) is 3.70. The second-order valence-corrected chi connectivity index (χ2v) is 8.31. The number of carboxylic acid groups (broad SMARTS) is 1. The van der Waals surface area contributed by atoms with Crippen molar-refractivity contribution in [2.45, 2.75) is 31.5 Å². The standard InChI is InChI=1S/C24H20ClF4NO6/c1-12(23(34,24(27,28)29)17-6-8-21(31)30-13(17)2)16-5-3-14(9-18(16)25)36-15-4-7-19(26)20(10-15)35-11-22(32)33/h3-10,12,34H,11H2,1-2H3,(H,30,31)(H,32,33). The van der Waals surface area contributed by atoms with Gasteiger partial charge >= 0.3 is 12.1 Å². The fourth-order valence-corrected chi connectivity index (χ4v) is 4.04. The van der Waals surface area contributed by atoms with Crippen LogP contribution in [0.3, 0.4) is 0 Å². The minimum Gasteiger partial charge on any atom is -0.479 e. The Balaban J connectivity index is 1.94. The molecule has 0 aliphatic heterocycles. The number of aliphatic carboxylic acids is 1. The summed E-state index contributed by atoms with van der Waals surface area (Å²) >= 11 is 6.27. The number of alkyl halides is 3. The molecule has 0 aliphatic rings. The molecule has 0 saturated heterocycles. The molecule has 0 spiro atoms. The van der Waals surface area contributed by atoms with Crippen molar-refractivity contribution in [3.8, 4) is 17.2 Å². The number of ether oxygens (including phenoxy) is 2. The number of hydrogen-bond acceptors (Lipinski definition) is 5. The Morgan fingerprint density at radius 2 is 1.75 bits per heavy atom.